The molecule has 0 radical (unpaired) electrons. The molecule has 1 nitrogen and oxygen atoms in total. The maximum absolute atomic E-state index is 7.57. The minimum Gasteiger partial charge on any atom is -0.397 e. The Kier molecular flexibility index (Phi) is 8.03. The van der Waals surface area contributed by atoms with Gasteiger partial charge in [0.2, 0.25) is 0 Å². The van der Waals surface area contributed by atoms with Crippen molar-refractivity contribution in [1.29, 1.82) is 0 Å². The molecule has 0 bridgehead atoms. The van der Waals surface area contributed by atoms with Crippen molar-refractivity contribution in [3.8, 4) is 0 Å². The summed E-state index contributed by atoms with van der Waals surface area (Å²) in [4.78, 5) is 0. The third-order valence-electron chi connectivity index (χ3n) is 2.30. The van der Waals surface area contributed by atoms with E-state index in [2.05, 4.69) is 6.92 Å². The highest BCUT2D eigenvalue weighted by Crippen LogP contribution is 2.25. The van der Waals surface area contributed by atoms with Crippen LogP contribution in [-0.4, -0.2) is 11.7 Å². The fraction of sp³-hybridized carbons (Fsp3) is 1.00. The summed E-state index contributed by atoms with van der Waals surface area (Å²) in [6.07, 6.45) is 8.93. The Labute approximate surface area is 70.8 Å². The molecular weight excluding hydrogens is 136 g/mol. The van der Waals surface area contributed by atoms with E-state index in [9.17, 15) is 0 Å². The summed E-state index contributed by atoms with van der Waals surface area (Å²) in [6, 6.07) is 0. The van der Waals surface area contributed by atoms with E-state index in [4.69, 9.17) is 5.11 Å². The first kappa shape index (κ1) is 11.0. The van der Waals surface area contributed by atoms with Crippen LogP contribution in [0.2, 0.25) is 0 Å². The molecule has 0 unspecified atom stereocenters. The zero-order valence-electron chi connectivity index (χ0n) is 7.97. The quantitative estimate of drug-likeness (QED) is 0.622. The van der Waals surface area contributed by atoms with Gasteiger partial charge in [-0.25, -0.2) is 0 Å². The Bertz CT molecular complexity index is 65.3. The van der Waals surface area contributed by atoms with E-state index in [0.717, 1.165) is 5.92 Å². The summed E-state index contributed by atoms with van der Waals surface area (Å²) >= 11 is 0. The number of hydrogen-bond donors (Lipinski definition) is 1. The van der Waals surface area contributed by atoms with Crippen molar-refractivity contribution in [2.24, 2.45) is 5.92 Å². The molecule has 0 saturated heterocycles. The van der Waals surface area contributed by atoms with E-state index in [-0.39, 0.29) is 6.61 Å². The number of rotatable bonds is 1. The fourth-order valence-corrected chi connectivity index (χ4v) is 1.60. The molecule has 1 N–H and O–H groups in total. The first-order valence-corrected chi connectivity index (χ1v) is 4.96. The highest BCUT2D eigenvalue weighted by atomic mass is 16.2. The minimum atomic E-state index is 0.250. The SMILES string of the molecule is CCC1CCCCC1.CCO. The highest BCUT2D eigenvalue weighted by Gasteiger charge is 2.09. The van der Waals surface area contributed by atoms with Crippen molar-refractivity contribution in [2.75, 3.05) is 6.61 Å². The van der Waals surface area contributed by atoms with Crippen LogP contribution in [0.25, 0.3) is 0 Å². The zero-order chi connectivity index (χ0) is 8.53. The molecule has 1 aliphatic rings. The Morgan fingerprint density at radius 2 is 1.55 bits per heavy atom. The molecular formula is C10H22O. The summed E-state index contributed by atoms with van der Waals surface area (Å²) in [5, 5.41) is 7.57. The van der Waals surface area contributed by atoms with Crippen LogP contribution in [0, 0.1) is 5.92 Å². The van der Waals surface area contributed by atoms with E-state index in [0.29, 0.717) is 0 Å². The third kappa shape index (κ3) is 6.36. The van der Waals surface area contributed by atoms with Gasteiger partial charge < -0.3 is 5.11 Å². The first-order valence-electron chi connectivity index (χ1n) is 4.96. The maximum atomic E-state index is 7.57. The van der Waals surface area contributed by atoms with Gasteiger partial charge in [0.25, 0.3) is 0 Å². The first-order chi connectivity index (χ1) is 5.35. The number of hydrogen-bond acceptors (Lipinski definition) is 1. The maximum Gasteiger partial charge on any atom is 0.0402 e. The molecule has 1 rings (SSSR count). The second-order valence-electron chi connectivity index (χ2n) is 3.23. The molecule has 0 atom stereocenters. The van der Waals surface area contributed by atoms with Crippen LogP contribution in [0.4, 0.5) is 0 Å². The Balaban J connectivity index is 0.000000292. The van der Waals surface area contributed by atoms with Crippen LogP contribution in [-0.2, 0) is 0 Å². The van der Waals surface area contributed by atoms with Crippen molar-refractivity contribution < 1.29 is 5.11 Å². The Hall–Kier alpha value is -0.0400. The summed E-state index contributed by atoms with van der Waals surface area (Å²) < 4.78 is 0. The molecule has 11 heavy (non-hydrogen) atoms. The normalized spacial score (nSPS) is 18.8. The average molecular weight is 158 g/mol. The van der Waals surface area contributed by atoms with Crippen molar-refractivity contribution in [1.82, 2.24) is 0 Å². The monoisotopic (exact) mass is 158 g/mol. The van der Waals surface area contributed by atoms with Gasteiger partial charge in [-0.3, -0.25) is 0 Å². The van der Waals surface area contributed by atoms with Crippen molar-refractivity contribution in [3.05, 3.63) is 0 Å². The van der Waals surface area contributed by atoms with Gasteiger partial charge in [-0.15, -0.1) is 0 Å². The lowest BCUT2D eigenvalue weighted by Gasteiger charge is -2.18. The van der Waals surface area contributed by atoms with E-state index in [1.165, 1.54) is 38.5 Å². The molecule has 0 aromatic carbocycles. The van der Waals surface area contributed by atoms with Crippen LogP contribution >= 0.6 is 0 Å². The standard InChI is InChI=1S/C8H16.C2H6O/c1-2-8-6-4-3-5-7-8;1-2-3/h8H,2-7H2,1H3;3H,2H2,1H3. The highest BCUT2D eigenvalue weighted by molar-refractivity contribution is 4.63. The predicted octanol–water partition coefficient (Wildman–Crippen LogP) is 2.98. The van der Waals surface area contributed by atoms with E-state index in [1.54, 1.807) is 6.92 Å². The van der Waals surface area contributed by atoms with E-state index >= 15 is 0 Å². The lowest BCUT2D eigenvalue weighted by molar-refractivity contribution is 0.318. The molecule has 0 aliphatic heterocycles. The molecule has 0 amide bonds. The molecule has 0 spiro atoms. The van der Waals surface area contributed by atoms with Gasteiger partial charge in [0.1, 0.15) is 0 Å². The average Bonchev–Trinajstić information content (AvgIpc) is 2.08. The van der Waals surface area contributed by atoms with Gasteiger partial charge in [0.05, 0.1) is 0 Å². The second kappa shape index (κ2) is 8.06. The van der Waals surface area contributed by atoms with Crippen LogP contribution in [0.3, 0.4) is 0 Å². The summed E-state index contributed by atoms with van der Waals surface area (Å²) in [5.74, 6) is 1.09. The van der Waals surface area contributed by atoms with Gasteiger partial charge >= 0.3 is 0 Å². The summed E-state index contributed by atoms with van der Waals surface area (Å²) in [5.41, 5.74) is 0. The van der Waals surface area contributed by atoms with Crippen molar-refractivity contribution in [2.45, 2.75) is 52.4 Å². The molecule has 0 heterocycles. The lowest BCUT2D eigenvalue weighted by atomic mass is 9.88. The largest absolute Gasteiger partial charge is 0.397 e. The van der Waals surface area contributed by atoms with Gasteiger partial charge in [0, 0.05) is 6.61 Å². The molecule has 68 valence electrons. The number of aliphatic hydroxyl groups is 1. The topological polar surface area (TPSA) is 20.2 Å². The third-order valence-corrected chi connectivity index (χ3v) is 2.30. The zero-order valence-corrected chi connectivity index (χ0v) is 7.97. The summed E-state index contributed by atoms with van der Waals surface area (Å²) in [6.45, 7) is 4.25. The Morgan fingerprint density at radius 3 is 1.82 bits per heavy atom. The van der Waals surface area contributed by atoms with Gasteiger partial charge in [0.15, 0.2) is 0 Å². The van der Waals surface area contributed by atoms with Crippen LogP contribution < -0.4 is 0 Å². The van der Waals surface area contributed by atoms with Gasteiger partial charge in [-0.05, 0) is 12.8 Å². The molecule has 1 fully saturated rings. The predicted molar refractivity (Wildman–Crippen MR) is 49.6 cm³/mol. The van der Waals surface area contributed by atoms with E-state index in [1.807, 2.05) is 0 Å². The summed E-state index contributed by atoms with van der Waals surface area (Å²) in [7, 11) is 0. The van der Waals surface area contributed by atoms with Gasteiger partial charge in [-0.1, -0.05) is 45.4 Å². The van der Waals surface area contributed by atoms with Crippen molar-refractivity contribution in [3.63, 3.8) is 0 Å². The molecule has 1 heteroatoms. The van der Waals surface area contributed by atoms with Crippen LogP contribution in [0.15, 0.2) is 0 Å². The Morgan fingerprint density at radius 1 is 1.09 bits per heavy atom. The van der Waals surface area contributed by atoms with Crippen molar-refractivity contribution >= 4 is 0 Å². The second-order valence-corrected chi connectivity index (χ2v) is 3.23. The fourth-order valence-electron chi connectivity index (χ4n) is 1.60. The molecule has 0 aromatic heterocycles. The lowest BCUT2D eigenvalue weighted by Crippen LogP contribution is -2.03. The molecule has 1 aliphatic carbocycles. The van der Waals surface area contributed by atoms with Gasteiger partial charge in [-0.2, -0.15) is 0 Å². The minimum absolute atomic E-state index is 0.250. The smallest absolute Gasteiger partial charge is 0.0402 e. The van der Waals surface area contributed by atoms with Crippen LogP contribution in [0.5, 0.6) is 0 Å². The van der Waals surface area contributed by atoms with Crippen LogP contribution in [0.1, 0.15) is 52.4 Å². The van der Waals surface area contributed by atoms with E-state index < -0.39 is 0 Å². The molecule has 0 aromatic rings. The number of aliphatic hydroxyl groups excluding tert-OH is 1. The molecule has 1 saturated carbocycles.